The fraction of sp³-hybridized carbons (Fsp3) is 0.357. The molecular weight excluding hydrogens is 262 g/mol. The molecule has 1 heterocycles. The van der Waals surface area contributed by atoms with Gasteiger partial charge in [0, 0.05) is 18.7 Å². The highest BCUT2D eigenvalue weighted by molar-refractivity contribution is 6.34. The number of aryl methyl sites for hydroxylation is 1. The van der Waals surface area contributed by atoms with Crippen LogP contribution in [0, 0.1) is 0 Å². The van der Waals surface area contributed by atoms with Crippen molar-refractivity contribution in [3.05, 3.63) is 28.8 Å². The molecule has 2 rings (SSSR count). The lowest BCUT2D eigenvalue weighted by Gasteiger charge is -2.13. The van der Waals surface area contributed by atoms with Gasteiger partial charge in [-0.1, -0.05) is 25.4 Å². The highest BCUT2D eigenvalue weighted by Crippen LogP contribution is 2.38. The molecule has 0 radical (unpaired) electrons. The van der Waals surface area contributed by atoms with Gasteiger partial charge in [0.05, 0.1) is 17.8 Å². The van der Waals surface area contributed by atoms with Crippen LogP contribution in [0.5, 0.6) is 5.75 Å². The van der Waals surface area contributed by atoms with E-state index in [9.17, 15) is 0 Å². The molecule has 0 aliphatic rings. The van der Waals surface area contributed by atoms with Crippen LogP contribution < -0.4 is 10.5 Å². The highest BCUT2D eigenvalue weighted by Gasteiger charge is 2.15. The molecule has 2 N–H and O–H groups in total. The summed E-state index contributed by atoms with van der Waals surface area (Å²) < 4.78 is 6.96. The van der Waals surface area contributed by atoms with Gasteiger partial charge in [-0.15, -0.1) is 0 Å². The number of anilines is 1. The van der Waals surface area contributed by atoms with E-state index >= 15 is 0 Å². The maximum Gasteiger partial charge on any atom is 0.138 e. The molecule has 0 atom stereocenters. The first-order valence-electron chi connectivity index (χ1n) is 6.11. The molecule has 0 aliphatic carbocycles. The summed E-state index contributed by atoms with van der Waals surface area (Å²) in [6.45, 7) is 4.25. The normalized spacial score (nSPS) is 11.1. The smallest absolute Gasteiger partial charge is 0.138 e. The Labute approximate surface area is 118 Å². The Morgan fingerprint density at radius 3 is 2.47 bits per heavy atom. The van der Waals surface area contributed by atoms with Crippen molar-refractivity contribution in [1.29, 1.82) is 0 Å². The van der Waals surface area contributed by atoms with Crippen LogP contribution in [-0.2, 0) is 7.05 Å². The molecule has 0 amide bonds. The number of benzene rings is 1. The number of nitrogens with two attached hydrogens (primary N) is 1. The second-order valence-corrected chi connectivity index (χ2v) is 5.20. The van der Waals surface area contributed by atoms with Gasteiger partial charge in [0.25, 0.3) is 0 Å². The number of ether oxygens (including phenoxy) is 1. The molecule has 2 aromatic rings. The first kappa shape index (κ1) is 13.7. The average Bonchev–Trinajstić information content (AvgIpc) is 2.69. The van der Waals surface area contributed by atoms with Crippen molar-refractivity contribution < 1.29 is 4.74 Å². The largest absolute Gasteiger partial charge is 0.495 e. The zero-order valence-electron chi connectivity index (χ0n) is 11.6. The van der Waals surface area contributed by atoms with Gasteiger partial charge >= 0.3 is 0 Å². The van der Waals surface area contributed by atoms with Crippen LogP contribution in [0.25, 0.3) is 11.3 Å². The first-order valence-corrected chi connectivity index (χ1v) is 6.49. The van der Waals surface area contributed by atoms with E-state index in [1.54, 1.807) is 18.8 Å². The van der Waals surface area contributed by atoms with Crippen molar-refractivity contribution in [2.24, 2.45) is 7.05 Å². The molecule has 19 heavy (non-hydrogen) atoms. The molecule has 4 nitrogen and oxygen atoms in total. The summed E-state index contributed by atoms with van der Waals surface area (Å²) in [7, 11) is 3.41. The number of nitrogen functional groups attached to an aromatic ring is 1. The van der Waals surface area contributed by atoms with Gasteiger partial charge in [-0.05, 0) is 23.6 Å². The second-order valence-electron chi connectivity index (χ2n) is 4.82. The summed E-state index contributed by atoms with van der Waals surface area (Å²) in [5.41, 5.74) is 8.58. The maximum atomic E-state index is 6.37. The Balaban J connectivity index is 2.64. The fourth-order valence-electron chi connectivity index (χ4n) is 1.90. The van der Waals surface area contributed by atoms with Crippen LogP contribution in [0.2, 0.25) is 5.02 Å². The van der Waals surface area contributed by atoms with E-state index in [4.69, 9.17) is 22.1 Å². The Morgan fingerprint density at radius 2 is 2.00 bits per heavy atom. The van der Waals surface area contributed by atoms with Gasteiger partial charge in [0.1, 0.15) is 11.6 Å². The summed E-state index contributed by atoms with van der Waals surface area (Å²) >= 11 is 6.37. The lowest BCUT2D eigenvalue weighted by atomic mass is 9.99. The van der Waals surface area contributed by atoms with Crippen molar-refractivity contribution in [1.82, 2.24) is 9.78 Å². The molecule has 0 spiro atoms. The minimum atomic E-state index is 0.381. The van der Waals surface area contributed by atoms with E-state index in [1.165, 1.54) is 0 Å². The predicted octanol–water partition coefficient (Wildman–Crippen LogP) is 3.45. The summed E-state index contributed by atoms with van der Waals surface area (Å²) in [5, 5.41) is 4.93. The van der Waals surface area contributed by atoms with Crippen LogP contribution in [0.15, 0.2) is 18.2 Å². The summed E-state index contributed by atoms with van der Waals surface area (Å²) in [6.07, 6.45) is 0. The van der Waals surface area contributed by atoms with Crippen molar-refractivity contribution in [3.63, 3.8) is 0 Å². The summed E-state index contributed by atoms with van der Waals surface area (Å²) in [4.78, 5) is 0. The van der Waals surface area contributed by atoms with Crippen LogP contribution in [0.3, 0.4) is 0 Å². The first-order chi connectivity index (χ1) is 8.93. The lowest BCUT2D eigenvalue weighted by Crippen LogP contribution is -1.97. The molecule has 0 saturated carbocycles. The third-order valence-corrected chi connectivity index (χ3v) is 3.53. The van der Waals surface area contributed by atoms with Crippen molar-refractivity contribution in [3.8, 4) is 17.0 Å². The van der Waals surface area contributed by atoms with E-state index in [0.717, 1.165) is 16.8 Å². The van der Waals surface area contributed by atoms with Crippen molar-refractivity contribution >= 4 is 17.4 Å². The SMILES string of the molecule is COc1cc(C(C)C)cc(-c2cc(N)n(C)n2)c1Cl. The standard InChI is InChI=1S/C14H18ClN3O/c1-8(2)9-5-10(14(15)12(6-9)19-4)11-7-13(16)18(3)17-11/h5-8H,16H2,1-4H3. The van der Waals surface area contributed by atoms with Crippen LogP contribution in [-0.4, -0.2) is 16.9 Å². The molecule has 5 heteroatoms. The summed E-state index contributed by atoms with van der Waals surface area (Å²) in [6, 6.07) is 5.81. The minimum Gasteiger partial charge on any atom is -0.495 e. The van der Waals surface area contributed by atoms with Crippen LogP contribution >= 0.6 is 11.6 Å². The number of aromatic nitrogens is 2. The monoisotopic (exact) mass is 279 g/mol. The quantitative estimate of drug-likeness (QED) is 0.936. The number of methoxy groups -OCH3 is 1. The van der Waals surface area contributed by atoms with E-state index in [0.29, 0.717) is 22.5 Å². The Hall–Kier alpha value is -1.68. The molecule has 0 bridgehead atoms. The van der Waals surface area contributed by atoms with Gasteiger partial charge in [-0.25, -0.2) is 0 Å². The number of hydrogen-bond acceptors (Lipinski definition) is 3. The third-order valence-electron chi connectivity index (χ3n) is 3.14. The minimum absolute atomic E-state index is 0.381. The van der Waals surface area contributed by atoms with Gasteiger partial charge in [0.2, 0.25) is 0 Å². The predicted molar refractivity (Wildman–Crippen MR) is 78.7 cm³/mol. The zero-order chi connectivity index (χ0) is 14.2. The fourth-order valence-corrected chi connectivity index (χ4v) is 2.18. The zero-order valence-corrected chi connectivity index (χ0v) is 12.3. The van der Waals surface area contributed by atoms with Crippen LogP contribution in [0.1, 0.15) is 25.3 Å². The topological polar surface area (TPSA) is 53.1 Å². The molecular formula is C14H18ClN3O. The molecule has 1 aromatic heterocycles. The van der Waals surface area contributed by atoms with Gasteiger partial charge in [-0.2, -0.15) is 5.10 Å². The van der Waals surface area contributed by atoms with E-state index in [-0.39, 0.29) is 0 Å². The molecule has 0 aliphatic heterocycles. The second kappa shape index (κ2) is 5.13. The summed E-state index contributed by atoms with van der Waals surface area (Å²) in [5.74, 6) is 1.64. The third kappa shape index (κ3) is 2.54. The van der Waals surface area contributed by atoms with E-state index in [1.807, 2.05) is 18.2 Å². The van der Waals surface area contributed by atoms with Gasteiger partial charge < -0.3 is 10.5 Å². The number of nitrogens with zero attached hydrogens (tertiary/aromatic N) is 2. The Bertz CT molecular complexity index is 585. The number of halogens is 1. The number of rotatable bonds is 3. The Kier molecular flexibility index (Phi) is 3.71. The van der Waals surface area contributed by atoms with Gasteiger partial charge in [0.15, 0.2) is 0 Å². The van der Waals surface area contributed by atoms with E-state index in [2.05, 4.69) is 18.9 Å². The van der Waals surface area contributed by atoms with Gasteiger partial charge in [-0.3, -0.25) is 4.68 Å². The number of hydrogen-bond donors (Lipinski definition) is 1. The Morgan fingerprint density at radius 1 is 1.32 bits per heavy atom. The molecule has 0 saturated heterocycles. The van der Waals surface area contributed by atoms with E-state index < -0.39 is 0 Å². The van der Waals surface area contributed by atoms with Crippen molar-refractivity contribution in [2.45, 2.75) is 19.8 Å². The molecule has 1 aromatic carbocycles. The molecule has 0 fully saturated rings. The highest BCUT2D eigenvalue weighted by atomic mass is 35.5. The maximum absolute atomic E-state index is 6.37. The van der Waals surface area contributed by atoms with Crippen LogP contribution in [0.4, 0.5) is 5.82 Å². The molecule has 102 valence electrons. The van der Waals surface area contributed by atoms with Crippen molar-refractivity contribution in [2.75, 3.05) is 12.8 Å². The average molecular weight is 280 g/mol. The lowest BCUT2D eigenvalue weighted by molar-refractivity contribution is 0.414. The molecule has 0 unspecified atom stereocenters.